The van der Waals surface area contributed by atoms with Crippen LogP contribution in [0.4, 0.5) is 0 Å². The van der Waals surface area contributed by atoms with E-state index >= 15 is 0 Å². The first kappa shape index (κ1) is 10.1. The highest BCUT2D eigenvalue weighted by Gasteiger charge is 2.40. The summed E-state index contributed by atoms with van der Waals surface area (Å²) in [5.41, 5.74) is 2.10. The number of carbonyl (C=O) groups excluding carboxylic acids is 1. The van der Waals surface area contributed by atoms with E-state index in [0.29, 0.717) is 17.0 Å². The molecule has 1 N–H and O–H groups in total. The minimum absolute atomic E-state index is 0.153. The molecule has 3 nitrogen and oxygen atoms in total. The Bertz CT molecular complexity index is 648. The number of Topliss-reactive ketones (excluding diaryl/α,β-unsaturated/α-hetero) is 1. The molecule has 84 valence electrons. The molecule has 1 saturated carbocycles. The lowest BCUT2D eigenvalue weighted by Gasteiger charge is -1.98. The average Bonchev–Trinajstić information content (AvgIpc) is 2.91. The van der Waals surface area contributed by atoms with E-state index < -0.39 is 0 Å². The van der Waals surface area contributed by atoms with Crippen LogP contribution >= 0.6 is 0 Å². The van der Waals surface area contributed by atoms with E-state index in [2.05, 4.69) is 18.0 Å². The standard InChI is InChI=1S/C14H12N2O/c1-8-5-10(8)14(17)11-7-16-12-4-2-3-9(6-15)13(11)12/h2-4,7-8,10,16H,5H2,1H3. The number of nitrogens with zero attached hydrogens (tertiary/aromatic N) is 1. The van der Waals surface area contributed by atoms with Gasteiger partial charge in [0.05, 0.1) is 11.6 Å². The van der Waals surface area contributed by atoms with Gasteiger partial charge in [0.1, 0.15) is 0 Å². The summed E-state index contributed by atoms with van der Waals surface area (Å²) in [4.78, 5) is 15.3. The zero-order valence-electron chi connectivity index (χ0n) is 9.53. The number of nitrogens with one attached hydrogen (secondary N) is 1. The number of hydrogen-bond donors (Lipinski definition) is 1. The molecule has 2 atom stereocenters. The van der Waals surface area contributed by atoms with Crippen LogP contribution in [-0.4, -0.2) is 10.8 Å². The normalized spacial score (nSPS) is 22.4. The first-order valence-corrected chi connectivity index (χ1v) is 5.76. The summed E-state index contributed by atoms with van der Waals surface area (Å²) < 4.78 is 0. The Balaban J connectivity index is 2.17. The van der Waals surface area contributed by atoms with Gasteiger partial charge in [-0.2, -0.15) is 5.26 Å². The number of benzene rings is 1. The highest BCUT2D eigenvalue weighted by molar-refractivity contribution is 6.11. The van der Waals surface area contributed by atoms with Gasteiger partial charge in [-0.3, -0.25) is 4.79 Å². The fourth-order valence-corrected chi connectivity index (χ4v) is 2.36. The fraction of sp³-hybridized carbons (Fsp3) is 0.286. The molecule has 1 aliphatic carbocycles. The Hall–Kier alpha value is -2.08. The second-order valence-corrected chi connectivity index (χ2v) is 4.73. The SMILES string of the molecule is CC1CC1C(=O)c1c[nH]c2cccc(C#N)c12. The van der Waals surface area contributed by atoms with Gasteiger partial charge in [0, 0.05) is 28.6 Å². The van der Waals surface area contributed by atoms with Crippen LogP contribution in [-0.2, 0) is 0 Å². The van der Waals surface area contributed by atoms with Crippen LogP contribution in [0.1, 0.15) is 29.3 Å². The number of fused-ring (bicyclic) bond motifs is 1. The predicted molar refractivity (Wildman–Crippen MR) is 64.6 cm³/mol. The molecule has 1 fully saturated rings. The molecule has 0 bridgehead atoms. The number of ketones is 1. The van der Waals surface area contributed by atoms with Crippen LogP contribution in [0.25, 0.3) is 10.9 Å². The van der Waals surface area contributed by atoms with E-state index in [0.717, 1.165) is 17.3 Å². The summed E-state index contributed by atoms with van der Waals surface area (Å²) in [6, 6.07) is 7.62. The van der Waals surface area contributed by atoms with Crippen molar-refractivity contribution in [1.82, 2.24) is 4.98 Å². The monoisotopic (exact) mass is 224 g/mol. The molecule has 0 amide bonds. The Morgan fingerprint density at radius 1 is 1.53 bits per heavy atom. The van der Waals surface area contributed by atoms with Gasteiger partial charge in [-0.15, -0.1) is 0 Å². The lowest BCUT2D eigenvalue weighted by molar-refractivity contribution is 0.0964. The highest BCUT2D eigenvalue weighted by Crippen LogP contribution is 2.41. The summed E-state index contributed by atoms with van der Waals surface area (Å²) in [7, 11) is 0. The van der Waals surface area contributed by atoms with E-state index in [9.17, 15) is 4.79 Å². The maximum Gasteiger partial charge on any atom is 0.168 e. The van der Waals surface area contributed by atoms with Crippen LogP contribution in [0.2, 0.25) is 0 Å². The van der Waals surface area contributed by atoms with Crippen molar-refractivity contribution in [2.45, 2.75) is 13.3 Å². The maximum atomic E-state index is 12.2. The number of H-pyrrole nitrogens is 1. The molecule has 0 radical (unpaired) electrons. The van der Waals surface area contributed by atoms with Crippen molar-refractivity contribution in [3.05, 3.63) is 35.5 Å². The zero-order valence-corrected chi connectivity index (χ0v) is 9.53. The van der Waals surface area contributed by atoms with E-state index in [1.807, 2.05) is 12.1 Å². The molecule has 3 heteroatoms. The van der Waals surface area contributed by atoms with E-state index in [4.69, 9.17) is 5.26 Å². The van der Waals surface area contributed by atoms with Gasteiger partial charge >= 0.3 is 0 Å². The summed E-state index contributed by atoms with van der Waals surface area (Å²) in [6.45, 7) is 2.09. The summed E-state index contributed by atoms with van der Waals surface area (Å²) in [6.07, 6.45) is 2.71. The minimum atomic E-state index is 0.153. The second-order valence-electron chi connectivity index (χ2n) is 4.73. The van der Waals surface area contributed by atoms with Gasteiger partial charge in [0.2, 0.25) is 0 Å². The Labute approximate surface area is 99.1 Å². The smallest absolute Gasteiger partial charge is 0.168 e. The highest BCUT2D eigenvalue weighted by atomic mass is 16.1. The molecule has 0 spiro atoms. The summed E-state index contributed by atoms with van der Waals surface area (Å²) >= 11 is 0. The molecular weight excluding hydrogens is 212 g/mol. The number of nitriles is 1. The largest absolute Gasteiger partial charge is 0.360 e. The van der Waals surface area contributed by atoms with Crippen molar-refractivity contribution in [2.24, 2.45) is 11.8 Å². The van der Waals surface area contributed by atoms with Crippen LogP contribution < -0.4 is 0 Å². The molecular formula is C14H12N2O. The van der Waals surface area contributed by atoms with E-state index in [1.165, 1.54) is 0 Å². The van der Waals surface area contributed by atoms with Crippen molar-refractivity contribution in [3.8, 4) is 6.07 Å². The molecule has 2 unspecified atom stereocenters. The van der Waals surface area contributed by atoms with Gasteiger partial charge in [-0.25, -0.2) is 0 Å². The van der Waals surface area contributed by atoms with Crippen molar-refractivity contribution in [1.29, 1.82) is 5.26 Å². The van der Waals surface area contributed by atoms with Gasteiger partial charge in [-0.05, 0) is 24.5 Å². The molecule has 0 aliphatic heterocycles. The van der Waals surface area contributed by atoms with E-state index in [-0.39, 0.29) is 11.7 Å². The Morgan fingerprint density at radius 2 is 2.29 bits per heavy atom. The minimum Gasteiger partial charge on any atom is -0.360 e. The molecule has 17 heavy (non-hydrogen) atoms. The van der Waals surface area contributed by atoms with E-state index in [1.54, 1.807) is 12.3 Å². The van der Waals surface area contributed by atoms with Crippen LogP contribution in [0.5, 0.6) is 0 Å². The number of hydrogen-bond acceptors (Lipinski definition) is 2. The van der Waals surface area contributed by atoms with Crippen molar-refractivity contribution < 1.29 is 4.79 Å². The van der Waals surface area contributed by atoms with Gasteiger partial charge in [0.15, 0.2) is 5.78 Å². The predicted octanol–water partition coefficient (Wildman–Crippen LogP) is 2.88. The van der Waals surface area contributed by atoms with Crippen LogP contribution in [0.3, 0.4) is 0 Å². The number of rotatable bonds is 2. The average molecular weight is 224 g/mol. The summed E-state index contributed by atoms with van der Waals surface area (Å²) in [5, 5.41) is 9.87. The molecule has 1 aliphatic rings. The van der Waals surface area contributed by atoms with Gasteiger partial charge in [0.25, 0.3) is 0 Å². The first-order chi connectivity index (χ1) is 8.22. The quantitative estimate of drug-likeness (QED) is 0.797. The lowest BCUT2D eigenvalue weighted by Crippen LogP contribution is -2.02. The first-order valence-electron chi connectivity index (χ1n) is 5.76. The van der Waals surface area contributed by atoms with Crippen LogP contribution in [0, 0.1) is 23.2 Å². The molecule has 0 saturated heterocycles. The fourth-order valence-electron chi connectivity index (χ4n) is 2.36. The number of carbonyl (C=O) groups is 1. The lowest BCUT2D eigenvalue weighted by atomic mass is 10.0. The van der Waals surface area contributed by atoms with Crippen molar-refractivity contribution >= 4 is 16.7 Å². The Morgan fingerprint density at radius 3 is 2.94 bits per heavy atom. The topological polar surface area (TPSA) is 56.6 Å². The molecule has 1 heterocycles. The number of aromatic amines is 1. The number of aromatic nitrogens is 1. The van der Waals surface area contributed by atoms with Crippen molar-refractivity contribution in [2.75, 3.05) is 0 Å². The molecule has 3 rings (SSSR count). The maximum absolute atomic E-state index is 12.2. The van der Waals surface area contributed by atoms with Gasteiger partial charge in [-0.1, -0.05) is 13.0 Å². The summed E-state index contributed by atoms with van der Waals surface area (Å²) in [5.74, 6) is 0.814. The third-order valence-corrected chi connectivity index (χ3v) is 3.54. The third kappa shape index (κ3) is 1.45. The second kappa shape index (κ2) is 3.46. The Kier molecular flexibility index (Phi) is 2.05. The zero-order chi connectivity index (χ0) is 12.0. The molecule has 1 aromatic carbocycles. The third-order valence-electron chi connectivity index (χ3n) is 3.54. The molecule has 1 aromatic heterocycles. The van der Waals surface area contributed by atoms with Crippen molar-refractivity contribution in [3.63, 3.8) is 0 Å². The molecule has 2 aromatic rings. The van der Waals surface area contributed by atoms with Gasteiger partial charge < -0.3 is 4.98 Å². The van der Waals surface area contributed by atoms with Crippen LogP contribution in [0.15, 0.2) is 24.4 Å².